The van der Waals surface area contributed by atoms with Crippen molar-refractivity contribution < 1.29 is 14.3 Å². The monoisotopic (exact) mass is 244 g/mol. The van der Waals surface area contributed by atoms with Crippen LogP contribution in [-0.4, -0.2) is 55.4 Å². The lowest BCUT2D eigenvalue weighted by molar-refractivity contribution is -0.147. The number of ether oxygens (including phenoxy) is 2. The summed E-state index contributed by atoms with van der Waals surface area (Å²) in [7, 11) is 1.37. The lowest BCUT2D eigenvalue weighted by Gasteiger charge is -2.38. The summed E-state index contributed by atoms with van der Waals surface area (Å²) < 4.78 is 10.2. The Labute approximate surface area is 103 Å². The van der Waals surface area contributed by atoms with Gasteiger partial charge in [0.25, 0.3) is 0 Å². The highest BCUT2D eigenvalue weighted by Crippen LogP contribution is 2.17. The highest BCUT2D eigenvalue weighted by Gasteiger charge is 2.34. The third-order valence-electron chi connectivity index (χ3n) is 3.27. The molecule has 1 rings (SSSR count). The van der Waals surface area contributed by atoms with Gasteiger partial charge in [0.1, 0.15) is 5.54 Å². The van der Waals surface area contributed by atoms with Gasteiger partial charge < -0.3 is 15.2 Å². The molecule has 2 N–H and O–H groups in total. The van der Waals surface area contributed by atoms with Gasteiger partial charge >= 0.3 is 5.97 Å². The van der Waals surface area contributed by atoms with E-state index >= 15 is 0 Å². The van der Waals surface area contributed by atoms with E-state index in [4.69, 9.17) is 15.2 Å². The van der Waals surface area contributed by atoms with Crippen molar-refractivity contribution in [3.05, 3.63) is 0 Å². The number of rotatable bonds is 4. The van der Waals surface area contributed by atoms with E-state index < -0.39 is 5.54 Å². The number of hydrogen-bond acceptors (Lipinski definition) is 5. The summed E-state index contributed by atoms with van der Waals surface area (Å²) in [6.07, 6.45) is 0.834. The molecule has 5 heteroatoms. The van der Waals surface area contributed by atoms with Crippen molar-refractivity contribution in [2.75, 3.05) is 26.8 Å². The van der Waals surface area contributed by atoms with Gasteiger partial charge in [0.2, 0.25) is 0 Å². The van der Waals surface area contributed by atoms with E-state index in [2.05, 4.69) is 18.7 Å². The van der Waals surface area contributed by atoms with E-state index in [1.807, 2.05) is 0 Å². The Balaban J connectivity index is 2.52. The van der Waals surface area contributed by atoms with Crippen molar-refractivity contribution >= 4 is 5.97 Å². The van der Waals surface area contributed by atoms with Gasteiger partial charge in [-0.3, -0.25) is 9.69 Å². The molecule has 1 heterocycles. The number of morpholine rings is 1. The van der Waals surface area contributed by atoms with Crippen LogP contribution in [0.4, 0.5) is 0 Å². The predicted octanol–water partition coefficient (Wildman–Crippen LogP) is 0.376. The molecular weight excluding hydrogens is 220 g/mol. The largest absolute Gasteiger partial charge is 0.468 e. The minimum atomic E-state index is -0.921. The molecule has 0 aromatic heterocycles. The molecule has 1 fully saturated rings. The van der Waals surface area contributed by atoms with Gasteiger partial charge in [0, 0.05) is 19.1 Å². The number of carbonyl (C=O) groups is 1. The maximum atomic E-state index is 11.5. The van der Waals surface area contributed by atoms with Crippen LogP contribution in [0.15, 0.2) is 0 Å². The normalized spacial score (nSPS) is 27.2. The average Bonchev–Trinajstić information content (AvgIpc) is 2.27. The lowest BCUT2D eigenvalue weighted by atomic mass is 9.94. The van der Waals surface area contributed by atoms with Gasteiger partial charge in [-0.25, -0.2) is 0 Å². The van der Waals surface area contributed by atoms with Crippen LogP contribution < -0.4 is 5.73 Å². The van der Waals surface area contributed by atoms with Gasteiger partial charge in [-0.1, -0.05) is 0 Å². The molecule has 1 aliphatic rings. The fourth-order valence-electron chi connectivity index (χ4n) is 2.30. The molecule has 17 heavy (non-hydrogen) atoms. The third-order valence-corrected chi connectivity index (χ3v) is 3.27. The van der Waals surface area contributed by atoms with Crippen LogP contribution >= 0.6 is 0 Å². The Kier molecular flexibility index (Phi) is 4.91. The number of nitrogens with zero attached hydrogens (tertiary/aromatic N) is 1. The van der Waals surface area contributed by atoms with E-state index in [0.717, 1.165) is 19.7 Å². The van der Waals surface area contributed by atoms with E-state index in [1.54, 1.807) is 6.92 Å². The number of carbonyl (C=O) groups excluding carboxylic acids is 1. The van der Waals surface area contributed by atoms with Gasteiger partial charge in [-0.15, -0.1) is 0 Å². The topological polar surface area (TPSA) is 64.8 Å². The highest BCUT2D eigenvalue weighted by atomic mass is 16.5. The predicted molar refractivity (Wildman–Crippen MR) is 65.7 cm³/mol. The second kappa shape index (κ2) is 5.80. The molecule has 0 aromatic carbocycles. The maximum Gasteiger partial charge on any atom is 0.325 e. The Morgan fingerprint density at radius 3 is 2.88 bits per heavy atom. The highest BCUT2D eigenvalue weighted by molar-refractivity contribution is 5.79. The first-order valence-corrected chi connectivity index (χ1v) is 6.09. The van der Waals surface area contributed by atoms with Crippen molar-refractivity contribution in [3.63, 3.8) is 0 Å². The zero-order valence-corrected chi connectivity index (χ0v) is 11.2. The van der Waals surface area contributed by atoms with E-state index in [-0.39, 0.29) is 18.1 Å². The summed E-state index contributed by atoms with van der Waals surface area (Å²) in [6.45, 7) is 8.39. The van der Waals surface area contributed by atoms with Gasteiger partial charge in [0.15, 0.2) is 0 Å². The van der Waals surface area contributed by atoms with Gasteiger partial charge in [-0.05, 0) is 27.2 Å². The first kappa shape index (κ1) is 14.4. The quantitative estimate of drug-likeness (QED) is 0.724. The lowest BCUT2D eigenvalue weighted by Crippen LogP contribution is -2.53. The first-order chi connectivity index (χ1) is 7.86. The van der Waals surface area contributed by atoms with Gasteiger partial charge in [0.05, 0.1) is 19.8 Å². The molecule has 100 valence electrons. The summed E-state index contributed by atoms with van der Waals surface area (Å²) in [6, 6.07) is 0.246. The number of esters is 1. The second-order valence-corrected chi connectivity index (χ2v) is 5.14. The van der Waals surface area contributed by atoms with Gasteiger partial charge in [-0.2, -0.15) is 0 Å². The van der Waals surface area contributed by atoms with E-state index in [0.29, 0.717) is 6.42 Å². The molecule has 3 unspecified atom stereocenters. The smallest absolute Gasteiger partial charge is 0.325 e. The van der Waals surface area contributed by atoms with Crippen LogP contribution in [0.25, 0.3) is 0 Å². The molecule has 0 aliphatic carbocycles. The molecule has 0 radical (unpaired) electrons. The minimum Gasteiger partial charge on any atom is -0.468 e. The fourth-order valence-corrected chi connectivity index (χ4v) is 2.30. The summed E-state index contributed by atoms with van der Waals surface area (Å²) in [5.41, 5.74) is 5.06. The van der Waals surface area contributed by atoms with E-state index in [1.165, 1.54) is 7.11 Å². The summed E-state index contributed by atoms with van der Waals surface area (Å²) >= 11 is 0. The van der Waals surface area contributed by atoms with Crippen LogP contribution in [0.2, 0.25) is 0 Å². The summed E-state index contributed by atoms with van der Waals surface area (Å²) in [5, 5.41) is 0. The number of hydrogen-bond donors (Lipinski definition) is 1. The van der Waals surface area contributed by atoms with Crippen molar-refractivity contribution in [2.24, 2.45) is 5.73 Å². The van der Waals surface area contributed by atoms with E-state index in [9.17, 15) is 4.79 Å². The molecule has 0 bridgehead atoms. The SMILES string of the molecule is COC(=O)C(C)(N)CC(C)N1CCOC(C)C1. The second-order valence-electron chi connectivity index (χ2n) is 5.14. The van der Waals surface area contributed by atoms with Crippen molar-refractivity contribution in [3.8, 4) is 0 Å². The summed E-state index contributed by atoms with van der Waals surface area (Å²) in [4.78, 5) is 13.8. The molecule has 1 saturated heterocycles. The summed E-state index contributed by atoms with van der Waals surface area (Å²) in [5.74, 6) is -0.356. The van der Waals surface area contributed by atoms with Crippen LogP contribution in [0, 0.1) is 0 Å². The Bertz CT molecular complexity index is 268. The standard InChI is InChI=1S/C12H24N2O3/c1-9(7-12(3,13)11(15)16-4)14-5-6-17-10(2)8-14/h9-10H,5-8,13H2,1-4H3. The molecule has 0 spiro atoms. The van der Waals surface area contributed by atoms with Crippen LogP contribution in [0.5, 0.6) is 0 Å². The number of methoxy groups -OCH3 is 1. The molecule has 0 aromatic rings. The maximum absolute atomic E-state index is 11.5. The van der Waals surface area contributed by atoms with Crippen LogP contribution in [0.3, 0.4) is 0 Å². The molecule has 3 atom stereocenters. The van der Waals surface area contributed by atoms with Crippen LogP contribution in [0.1, 0.15) is 27.2 Å². The molecule has 0 saturated carbocycles. The molecule has 0 amide bonds. The number of nitrogens with two attached hydrogens (primary N) is 1. The molecule has 1 aliphatic heterocycles. The molecule has 5 nitrogen and oxygen atoms in total. The molecular formula is C12H24N2O3. The Morgan fingerprint density at radius 1 is 1.71 bits per heavy atom. The minimum absolute atomic E-state index is 0.244. The van der Waals surface area contributed by atoms with Crippen molar-refractivity contribution in [2.45, 2.75) is 44.9 Å². The van der Waals surface area contributed by atoms with Crippen molar-refractivity contribution in [1.82, 2.24) is 4.90 Å². The Morgan fingerprint density at radius 2 is 2.35 bits per heavy atom. The Hall–Kier alpha value is -0.650. The third kappa shape index (κ3) is 3.94. The zero-order valence-electron chi connectivity index (χ0n) is 11.2. The van der Waals surface area contributed by atoms with Crippen molar-refractivity contribution in [1.29, 1.82) is 0 Å². The first-order valence-electron chi connectivity index (χ1n) is 6.09. The zero-order chi connectivity index (χ0) is 13.1. The van der Waals surface area contributed by atoms with Crippen LogP contribution in [-0.2, 0) is 14.3 Å². The average molecular weight is 244 g/mol. The fraction of sp³-hybridized carbons (Fsp3) is 0.917.